The lowest BCUT2D eigenvalue weighted by molar-refractivity contribution is -0.141. The van der Waals surface area contributed by atoms with Gasteiger partial charge < -0.3 is 14.9 Å². The summed E-state index contributed by atoms with van der Waals surface area (Å²) in [5.41, 5.74) is 2.08. The number of aryl methyl sites for hydroxylation is 1. The summed E-state index contributed by atoms with van der Waals surface area (Å²) in [6, 6.07) is 7.07. The Bertz CT molecular complexity index is 722. The highest BCUT2D eigenvalue weighted by Gasteiger charge is 2.18. The van der Waals surface area contributed by atoms with Gasteiger partial charge in [-0.2, -0.15) is 4.98 Å². The second kappa shape index (κ2) is 8.41. The number of carbonyl (C=O) groups excluding carboxylic acids is 1. The molecule has 0 aliphatic heterocycles. The van der Waals surface area contributed by atoms with Crippen molar-refractivity contribution in [2.75, 3.05) is 0 Å². The first-order valence-corrected chi connectivity index (χ1v) is 8.35. The van der Waals surface area contributed by atoms with Gasteiger partial charge in [0.05, 0.1) is 0 Å². The van der Waals surface area contributed by atoms with Crippen LogP contribution in [0.15, 0.2) is 28.8 Å². The quantitative estimate of drug-likeness (QED) is 0.762. The molecule has 25 heavy (non-hydrogen) atoms. The molecular formula is C18H23N3O4. The van der Waals surface area contributed by atoms with E-state index in [2.05, 4.69) is 29.3 Å². The van der Waals surface area contributed by atoms with Crippen LogP contribution in [-0.2, 0) is 16.0 Å². The fourth-order valence-corrected chi connectivity index (χ4v) is 2.32. The summed E-state index contributed by atoms with van der Waals surface area (Å²) in [6.07, 6.45) is 0.689. The van der Waals surface area contributed by atoms with Gasteiger partial charge in [-0.25, -0.2) is 4.79 Å². The Morgan fingerprint density at radius 1 is 1.24 bits per heavy atom. The molecule has 2 rings (SSSR count). The van der Waals surface area contributed by atoms with Crippen molar-refractivity contribution >= 4 is 11.9 Å². The monoisotopic (exact) mass is 345 g/mol. The molecule has 1 atom stereocenters. The zero-order valence-corrected chi connectivity index (χ0v) is 14.7. The fraction of sp³-hybridized carbons (Fsp3) is 0.444. The number of carboxylic acid groups (broad SMARTS) is 1. The van der Waals surface area contributed by atoms with Gasteiger partial charge in [-0.1, -0.05) is 50.2 Å². The summed E-state index contributed by atoms with van der Waals surface area (Å²) in [5, 5.41) is 15.3. The number of amides is 1. The third-order valence-corrected chi connectivity index (χ3v) is 3.91. The summed E-state index contributed by atoms with van der Waals surface area (Å²) < 4.78 is 5.17. The van der Waals surface area contributed by atoms with E-state index in [9.17, 15) is 9.59 Å². The predicted molar refractivity (Wildman–Crippen MR) is 92.0 cm³/mol. The second-order valence-corrected chi connectivity index (χ2v) is 6.16. The molecule has 0 aliphatic carbocycles. The molecule has 7 nitrogen and oxygen atoms in total. The molecule has 0 fully saturated rings. The number of benzene rings is 1. The maximum Gasteiger partial charge on any atom is 0.326 e. The van der Waals surface area contributed by atoms with Gasteiger partial charge in [0.2, 0.25) is 17.6 Å². The van der Waals surface area contributed by atoms with Crippen LogP contribution in [0.5, 0.6) is 0 Å². The summed E-state index contributed by atoms with van der Waals surface area (Å²) in [5.74, 6) is -0.119. The number of aliphatic carboxylic acids is 1. The average molecular weight is 345 g/mol. The van der Waals surface area contributed by atoms with E-state index < -0.39 is 12.0 Å². The van der Waals surface area contributed by atoms with Gasteiger partial charge in [0.25, 0.3) is 0 Å². The molecule has 2 N–H and O–H groups in total. The lowest BCUT2D eigenvalue weighted by Gasteiger charge is -2.11. The number of nitrogens with zero attached hydrogens (tertiary/aromatic N) is 2. The van der Waals surface area contributed by atoms with Gasteiger partial charge in [0, 0.05) is 18.4 Å². The predicted octanol–water partition coefficient (Wildman–Crippen LogP) is 2.77. The molecule has 2 aromatic rings. The number of hydrogen-bond acceptors (Lipinski definition) is 5. The van der Waals surface area contributed by atoms with E-state index in [4.69, 9.17) is 9.63 Å². The Morgan fingerprint density at radius 2 is 1.92 bits per heavy atom. The van der Waals surface area contributed by atoms with Crippen molar-refractivity contribution in [3.05, 3.63) is 35.7 Å². The number of nitrogens with one attached hydrogen (secondary N) is 1. The zero-order chi connectivity index (χ0) is 18.4. The van der Waals surface area contributed by atoms with Crippen molar-refractivity contribution in [3.8, 4) is 11.4 Å². The SMILES string of the molecule is CCC(NC(=O)CCc1nc(-c2ccc(C(C)C)cc2)no1)C(=O)O. The largest absolute Gasteiger partial charge is 0.480 e. The van der Waals surface area contributed by atoms with E-state index in [1.165, 1.54) is 5.56 Å². The third-order valence-electron chi connectivity index (χ3n) is 3.91. The molecule has 1 aromatic carbocycles. The third kappa shape index (κ3) is 5.14. The van der Waals surface area contributed by atoms with Crippen LogP contribution < -0.4 is 5.32 Å². The van der Waals surface area contributed by atoms with Crippen LogP contribution in [0.1, 0.15) is 51.0 Å². The van der Waals surface area contributed by atoms with Crippen LogP contribution in [0, 0.1) is 0 Å². The van der Waals surface area contributed by atoms with Crippen molar-refractivity contribution < 1.29 is 19.2 Å². The maximum atomic E-state index is 11.8. The van der Waals surface area contributed by atoms with Crippen molar-refractivity contribution in [2.24, 2.45) is 0 Å². The van der Waals surface area contributed by atoms with Gasteiger partial charge in [-0.15, -0.1) is 0 Å². The fourth-order valence-electron chi connectivity index (χ4n) is 2.32. The first-order chi connectivity index (χ1) is 11.9. The van der Waals surface area contributed by atoms with Crippen LogP contribution in [0.2, 0.25) is 0 Å². The highest BCUT2D eigenvalue weighted by atomic mass is 16.5. The Balaban J connectivity index is 1.93. The van der Waals surface area contributed by atoms with Gasteiger partial charge >= 0.3 is 5.97 Å². The number of carbonyl (C=O) groups is 2. The molecule has 1 aromatic heterocycles. The molecule has 7 heteroatoms. The molecule has 0 saturated carbocycles. The molecular weight excluding hydrogens is 322 g/mol. The molecule has 1 unspecified atom stereocenters. The van der Waals surface area contributed by atoms with Crippen LogP contribution in [0.3, 0.4) is 0 Å². The molecule has 0 bridgehead atoms. The van der Waals surface area contributed by atoms with Crippen LogP contribution in [-0.4, -0.2) is 33.2 Å². The van der Waals surface area contributed by atoms with Crippen molar-refractivity contribution in [3.63, 3.8) is 0 Å². The number of aromatic nitrogens is 2. The number of carboxylic acids is 1. The highest BCUT2D eigenvalue weighted by Crippen LogP contribution is 2.20. The van der Waals surface area contributed by atoms with Crippen LogP contribution in [0.25, 0.3) is 11.4 Å². The molecule has 0 radical (unpaired) electrons. The maximum absolute atomic E-state index is 11.8. The van der Waals surface area contributed by atoms with E-state index in [0.29, 0.717) is 24.1 Å². The Labute approximate surface area is 146 Å². The summed E-state index contributed by atoms with van der Waals surface area (Å²) in [4.78, 5) is 27.0. The molecule has 0 spiro atoms. The van der Waals surface area contributed by atoms with Crippen molar-refractivity contribution in [2.45, 2.75) is 52.0 Å². The van der Waals surface area contributed by atoms with E-state index in [-0.39, 0.29) is 18.7 Å². The van der Waals surface area contributed by atoms with E-state index >= 15 is 0 Å². The lowest BCUT2D eigenvalue weighted by Crippen LogP contribution is -2.40. The molecule has 0 saturated heterocycles. The van der Waals surface area contributed by atoms with Crippen molar-refractivity contribution in [1.82, 2.24) is 15.5 Å². The molecule has 1 heterocycles. The minimum atomic E-state index is -1.04. The minimum absolute atomic E-state index is 0.0949. The molecule has 134 valence electrons. The Morgan fingerprint density at radius 3 is 2.48 bits per heavy atom. The zero-order valence-electron chi connectivity index (χ0n) is 14.7. The number of rotatable bonds is 8. The van der Waals surface area contributed by atoms with E-state index in [0.717, 1.165) is 5.56 Å². The van der Waals surface area contributed by atoms with Crippen LogP contribution >= 0.6 is 0 Å². The average Bonchev–Trinajstić information content (AvgIpc) is 3.06. The van der Waals surface area contributed by atoms with Gasteiger partial charge in [0.1, 0.15) is 6.04 Å². The normalized spacial score (nSPS) is 12.2. The summed E-state index contributed by atoms with van der Waals surface area (Å²) in [7, 11) is 0. The second-order valence-electron chi connectivity index (χ2n) is 6.16. The topological polar surface area (TPSA) is 105 Å². The van der Waals surface area contributed by atoms with Crippen molar-refractivity contribution in [1.29, 1.82) is 0 Å². The Kier molecular flexibility index (Phi) is 6.27. The van der Waals surface area contributed by atoms with Gasteiger partial charge in [0.15, 0.2) is 0 Å². The first-order valence-electron chi connectivity index (χ1n) is 8.35. The lowest BCUT2D eigenvalue weighted by atomic mass is 10.0. The summed E-state index contributed by atoms with van der Waals surface area (Å²) in [6.45, 7) is 5.95. The minimum Gasteiger partial charge on any atom is -0.480 e. The number of hydrogen-bond donors (Lipinski definition) is 2. The van der Waals surface area contributed by atoms with E-state index in [1.807, 2.05) is 24.3 Å². The van der Waals surface area contributed by atoms with Crippen LogP contribution in [0.4, 0.5) is 0 Å². The standard InChI is InChI=1S/C18H23N3O4/c1-4-14(18(23)24)19-15(22)9-10-16-20-17(21-25-16)13-7-5-12(6-8-13)11(2)3/h5-8,11,14H,4,9-10H2,1-3H3,(H,19,22)(H,23,24). The smallest absolute Gasteiger partial charge is 0.326 e. The van der Waals surface area contributed by atoms with Gasteiger partial charge in [-0.3, -0.25) is 4.79 Å². The molecule has 1 amide bonds. The summed E-state index contributed by atoms with van der Waals surface area (Å²) >= 11 is 0. The Hall–Kier alpha value is -2.70. The van der Waals surface area contributed by atoms with Gasteiger partial charge in [-0.05, 0) is 17.9 Å². The molecule has 0 aliphatic rings. The first kappa shape index (κ1) is 18.6. The van der Waals surface area contributed by atoms with E-state index in [1.54, 1.807) is 6.92 Å². The highest BCUT2D eigenvalue weighted by molar-refractivity contribution is 5.83.